The Morgan fingerprint density at radius 1 is 1.59 bits per heavy atom. The molecule has 6 heteroatoms. The Morgan fingerprint density at radius 3 is 2.88 bits per heavy atom. The number of carboxylic acid groups (broad SMARTS) is 1. The minimum Gasteiger partial charge on any atom is -0.480 e. The highest BCUT2D eigenvalue weighted by Crippen LogP contribution is 2.02. The van der Waals surface area contributed by atoms with Crippen LogP contribution in [0.2, 0.25) is 0 Å². The maximum absolute atomic E-state index is 11.6. The van der Waals surface area contributed by atoms with Gasteiger partial charge in [0.25, 0.3) is 0 Å². The second-order valence-corrected chi connectivity index (χ2v) is 3.86. The Labute approximate surface area is 99.4 Å². The Bertz CT molecular complexity index is 362. The van der Waals surface area contributed by atoms with Crippen molar-refractivity contribution in [3.8, 4) is 0 Å². The van der Waals surface area contributed by atoms with Crippen molar-refractivity contribution in [2.75, 3.05) is 0 Å². The molecule has 0 spiro atoms. The van der Waals surface area contributed by atoms with E-state index in [-0.39, 0.29) is 12.3 Å². The topological polar surface area (TPSA) is 95.1 Å². The standard InChI is InChI=1S/C11H17N3O3/c1-2-3-4-9(11(16)17)13-10(15)7-8-5-6-12-14-8/h5-6,9H,2-4,7H2,1H3,(H,12,14)(H,13,15)(H,16,17)/t9-/m0/s1. The third kappa shape index (κ3) is 4.67. The lowest BCUT2D eigenvalue weighted by Crippen LogP contribution is -2.41. The number of aliphatic carboxylic acids is 1. The highest BCUT2D eigenvalue weighted by Gasteiger charge is 2.19. The van der Waals surface area contributed by atoms with Gasteiger partial charge in [0.15, 0.2) is 0 Å². The van der Waals surface area contributed by atoms with Gasteiger partial charge >= 0.3 is 5.97 Å². The van der Waals surface area contributed by atoms with Crippen LogP contribution in [0.4, 0.5) is 0 Å². The van der Waals surface area contributed by atoms with E-state index in [2.05, 4.69) is 15.5 Å². The second kappa shape index (κ2) is 6.67. The van der Waals surface area contributed by atoms with Crippen molar-refractivity contribution in [2.45, 2.75) is 38.6 Å². The number of aromatic amines is 1. The quantitative estimate of drug-likeness (QED) is 0.653. The van der Waals surface area contributed by atoms with Gasteiger partial charge < -0.3 is 10.4 Å². The Hall–Kier alpha value is -1.85. The van der Waals surface area contributed by atoms with E-state index in [0.29, 0.717) is 12.1 Å². The van der Waals surface area contributed by atoms with E-state index in [0.717, 1.165) is 12.8 Å². The number of rotatable bonds is 7. The normalized spacial score (nSPS) is 12.1. The lowest BCUT2D eigenvalue weighted by atomic mass is 10.1. The van der Waals surface area contributed by atoms with Crippen LogP contribution < -0.4 is 5.32 Å². The number of H-pyrrole nitrogens is 1. The summed E-state index contributed by atoms with van der Waals surface area (Å²) >= 11 is 0. The fraction of sp³-hybridized carbons (Fsp3) is 0.545. The zero-order valence-electron chi connectivity index (χ0n) is 9.77. The largest absolute Gasteiger partial charge is 0.480 e. The molecule has 0 aromatic carbocycles. The number of nitrogens with one attached hydrogen (secondary N) is 2. The number of amides is 1. The fourth-order valence-corrected chi connectivity index (χ4v) is 1.47. The minimum atomic E-state index is -0.989. The van der Waals surface area contributed by atoms with Crippen LogP contribution in [0.3, 0.4) is 0 Å². The number of nitrogens with zero attached hydrogens (tertiary/aromatic N) is 1. The summed E-state index contributed by atoms with van der Waals surface area (Å²) in [6.45, 7) is 1.98. The number of aromatic nitrogens is 2. The highest BCUT2D eigenvalue weighted by molar-refractivity contribution is 5.84. The zero-order valence-corrected chi connectivity index (χ0v) is 9.77. The molecule has 94 valence electrons. The first-order valence-corrected chi connectivity index (χ1v) is 5.64. The molecule has 1 atom stereocenters. The van der Waals surface area contributed by atoms with Crippen molar-refractivity contribution in [1.29, 1.82) is 0 Å². The fourth-order valence-electron chi connectivity index (χ4n) is 1.47. The van der Waals surface area contributed by atoms with Gasteiger partial charge in [0.2, 0.25) is 5.91 Å². The van der Waals surface area contributed by atoms with Crippen LogP contribution in [0.25, 0.3) is 0 Å². The summed E-state index contributed by atoms with van der Waals surface area (Å²) < 4.78 is 0. The maximum Gasteiger partial charge on any atom is 0.326 e. The molecule has 0 aliphatic rings. The summed E-state index contributed by atoms with van der Waals surface area (Å²) in [6, 6.07) is 0.881. The van der Waals surface area contributed by atoms with Gasteiger partial charge in [-0.25, -0.2) is 4.79 Å². The van der Waals surface area contributed by atoms with Gasteiger partial charge in [0, 0.05) is 11.9 Å². The van der Waals surface area contributed by atoms with Crippen molar-refractivity contribution < 1.29 is 14.7 Å². The maximum atomic E-state index is 11.6. The molecule has 1 amide bonds. The Morgan fingerprint density at radius 2 is 2.35 bits per heavy atom. The molecular formula is C11H17N3O3. The lowest BCUT2D eigenvalue weighted by molar-refractivity contribution is -0.142. The summed E-state index contributed by atoms with van der Waals surface area (Å²) in [5, 5.41) is 17.8. The van der Waals surface area contributed by atoms with Gasteiger partial charge in [0.1, 0.15) is 6.04 Å². The van der Waals surface area contributed by atoms with E-state index in [9.17, 15) is 9.59 Å². The minimum absolute atomic E-state index is 0.121. The first-order valence-electron chi connectivity index (χ1n) is 5.64. The van der Waals surface area contributed by atoms with Gasteiger partial charge in [-0.15, -0.1) is 0 Å². The van der Waals surface area contributed by atoms with E-state index in [4.69, 9.17) is 5.11 Å². The summed E-state index contributed by atoms with van der Waals surface area (Å²) in [6.07, 6.45) is 3.81. The molecule has 0 radical (unpaired) electrons. The van der Waals surface area contributed by atoms with Crippen molar-refractivity contribution in [1.82, 2.24) is 15.5 Å². The van der Waals surface area contributed by atoms with Crippen LogP contribution in [0, 0.1) is 0 Å². The van der Waals surface area contributed by atoms with E-state index in [1.807, 2.05) is 6.92 Å². The van der Waals surface area contributed by atoms with Gasteiger partial charge in [-0.1, -0.05) is 19.8 Å². The number of carbonyl (C=O) groups excluding carboxylic acids is 1. The molecule has 1 rings (SSSR count). The SMILES string of the molecule is CCCC[C@H](NC(=O)Cc1ccn[nH]1)C(=O)O. The van der Waals surface area contributed by atoms with Crippen molar-refractivity contribution in [2.24, 2.45) is 0 Å². The van der Waals surface area contributed by atoms with Crippen molar-refractivity contribution >= 4 is 11.9 Å². The van der Waals surface area contributed by atoms with Crippen molar-refractivity contribution in [3.05, 3.63) is 18.0 Å². The molecule has 1 aromatic rings. The molecule has 1 heterocycles. The first-order chi connectivity index (χ1) is 8.13. The van der Waals surface area contributed by atoms with Gasteiger partial charge in [-0.05, 0) is 12.5 Å². The molecule has 3 N–H and O–H groups in total. The molecule has 1 aromatic heterocycles. The third-order valence-corrected chi connectivity index (χ3v) is 2.39. The van der Waals surface area contributed by atoms with Gasteiger partial charge in [-0.3, -0.25) is 9.89 Å². The summed E-state index contributed by atoms with van der Waals surface area (Å²) in [4.78, 5) is 22.5. The van der Waals surface area contributed by atoms with Crippen LogP contribution in [0.15, 0.2) is 12.3 Å². The number of carboxylic acids is 1. The molecule has 0 aliphatic heterocycles. The molecule has 0 aliphatic carbocycles. The highest BCUT2D eigenvalue weighted by atomic mass is 16.4. The summed E-state index contributed by atoms with van der Waals surface area (Å²) in [5.41, 5.74) is 0.669. The van der Waals surface area contributed by atoms with Crippen LogP contribution >= 0.6 is 0 Å². The number of hydrogen-bond acceptors (Lipinski definition) is 3. The number of hydrogen-bond donors (Lipinski definition) is 3. The first kappa shape index (κ1) is 13.2. The van der Waals surface area contributed by atoms with Crippen molar-refractivity contribution in [3.63, 3.8) is 0 Å². The summed E-state index contributed by atoms with van der Waals surface area (Å²) in [5.74, 6) is -1.30. The van der Waals surface area contributed by atoms with Gasteiger partial charge in [-0.2, -0.15) is 5.10 Å². The van der Waals surface area contributed by atoms with E-state index in [1.54, 1.807) is 12.3 Å². The third-order valence-electron chi connectivity index (χ3n) is 2.39. The molecule has 0 saturated carbocycles. The average Bonchev–Trinajstić information content (AvgIpc) is 2.76. The Balaban J connectivity index is 2.43. The summed E-state index contributed by atoms with van der Waals surface area (Å²) in [7, 11) is 0. The second-order valence-electron chi connectivity index (χ2n) is 3.86. The molecule has 6 nitrogen and oxygen atoms in total. The molecule has 0 fully saturated rings. The van der Waals surface area contributed by atoms with Gasteiger partial charge in [0.05, 0.1) is 6.42 Å². The van der Waals surface area contributed by atoms with Crippen LogP contribution in [0.1, 0.15) is 31.9 Å². The molecule has 0 unspecified atom stereocenters. The predicted molar refractivity (Wildman–Crippen MR) is 61.4 cm³/mol. The van der Waals surface area contributed by atoms with Crippen LogP contribution in [-0.4, -0.2) is 33.2 Å². The monoisotopic (exact) mass is 239 g/mol. The predicted octanol–water partition coefficient (Wildman–Crippen LogP) is 0.712. The van der Waals surface area contributed by atoms with E-state index >= 15 is 0 Å². The molecule has 0 saturated heterocycles. The number of carbonyl (C=O) groups is 2. The van der Waals surface area contributed by atoms with E-state index in [1.165, 1.54) is 0 Å². The molecular weight excluding hydrogens is 222 g/mol. The Kier molecular flexibility index (Phi) is 5.19. The molecule has 0 bridgehead atoms. The average molecular weight is 239 g/mol. The van der Waals surface area contributed by atoms with Crippen LogP contribution in [-0.2, 0) is 16.0 Å². The van der Waals surface area contributed by atoms with E-state index < -0.39 is 12.0 Å². The zero-order chi connectivity index (χ0) is 12.7. The van der Waals surface area contributed by atoms with Crippen LogP contribution in [0.5, 0.6) is 0 Å². The number of unbranched alkanes of at least 4 members (excludes halogenated alkanes) is 1. The lowest BCUT2D eigenvalue weighted by Gasteiger charge is -2.13. The smallest absolute Gasteiger partial charge is 0.326 e. The molecule has 17 heavy (non-hydrogen) atoms.